The highest BCUT2D eigenvalue weighted by Crippen LogP contribution is 2.33. The highest BCUT2D eigenvalue weighted by Gasteiger charge is 2.39. The van der Waals surface area contributed by atoms with Gasteiger partial charge in [-0.15, -0.1) is 0 Å². The van der Waals surface area contributed by atoms with Crippen molar-refractivity contribution in [3.8, 4) is 0 Å². The van der Waals surface area contributed by atoms with Crippen molar-refractivity contribution in [1.82, 2.24) is 9.80 Å². The molecular formula is C24H23Cl3N4O3. The molecule has 4 rings (SSSR count). The Morgan fingerprint density at radius 1 is 0.971 bits per heavy atom. The number of carbonyl (C=O) groups is 3. The molecule has 0 atom stereocenters. The van der Waals surface area contributed by atoms with Crippen LogP contribution in [-0.4, -0.2) is 60.7 Å². The maximum absolute atomic E-state index is 12.9. The van der Waals surface area contributed by atoms with E-state index in [1.165, 1.54) is 18.2 Å². The topological polar surface area (TPSA) is 73.0 Å². The second-order valence-electron chi connectivity index (χ2n) is 8.39. The number of benzene rings is 2. The zero-order valence-electron chi connectivity index (χ0n) is 18.6. The fourth-order valence-corrected chi connectivity index (χ4v) is 4.57. The highest BCUT2D eigenvalue weighted by atomic mass is 35.5. The maximum atomic E-state index is 12.9. The van der Waals surface area contributed by atoms with Gasteiger partial charge in [-0.2, -0.15) is 0 Å². The van der Waals surface area contributed by atoms with E-state index in [1.54, 1.807) is 29.2 Å². The van der Waals surface area contributed by atoms with Gasteiger partial charge in [0.25, 0.3) is 17.7 Å². The molecule has 178 valence electrons. The number of hydrogen-bond donors (Lipinski definition) is 1. The quantitative estimate of drug-likeness (QED) is 0.583. The third kappa shape index (κ3) is 4.79. The third-order valence-electron chi connectivity index (χ3n) is 6.15. The van der Waals surface area contributed by atoms with Crippen LogP contribution in [0.2, 0.25) is 10.0 Å². The van der Waals surface area contributed by atoms with E-state index >= 15 is 0 Å². The van der Waals surface area contributed by atoms with Crippen LogP contribution in [0.15, 0.2) is 53.2 Å². The molecular weight excluding hydrogens is 499 g/mol. The van der Waals surface area contributed by atoms with E-state index in [-0.39, 0.29) is 33.4 Å². The molecule has 2 aromatic carbocycles. The summed E-state index contributed by atoms with van der Waals surface area (Å²) < 4.78 is 0. The van der Waals surface area contributed by atoms with Crippen molar-refractivity contribution in [3.63, 3.8) is 0 Å². The van der Waals surface area contributed by atoms with Crippen molar-refractivity contribution >= 4 is 63.9 Å². The van der Waals surface area contributed by atoms with E-state index in [0.29, 0.717) is 16.3 Å². The molecule has 0 radical (unpaired) electrons. The second kappa shape index (κ2) is 9.96. The van der Waals surface area contributed by atoms with Crippen LogP contribution in [0, 0.1) is 0 Å². The number of likely N-dealkylation sites (tertiary alicyclic amines) is 1. The first-order chi connectivity index (χ1) is 16.2. The summed E-state index contributed by atoms with van der Waals surface area (Å²) in [6, 6.07) is 11.4. The average Bonchev–Trinajstić information content (AvgIpc) is 3.04. The summed E-state index contributed by atoms with van der Waals surface area (Å²) in [7, 11) is 3.91. The van der Waals surface area contributed by atoms with Crippen molar-refractivity contribution in [3.05, 3.63) is 68.8 Å². The average molecular weight is 522 g/mol. The summed E-state index contributed by atoms with van der Waals surface area (Å²) in [6.07, 6.45) is 1.88. The van der Waals surface area contributed by atoms with E-state index in [4.69, 9.17) is 34.8 Å². The van der Waals surface area contributed by atoms with Crippen molar-refractivity contribution in [2.45, 2.75) is 18.9 Å². The summed E-state index contributed by atoms with van der Waals surface area (Å²) in [5.74, 6) is -1.34. The van der Waals surface area contributed by atoms with Gasteiger partial charge in [0.1, 0.15) is 10.7 Å². The van der Waals surface area contributed by atoms with Crippen LogP contribution in [-0.2, 0) is 9.59 Å². The predicted molar refractivity (Wildman–Crippen MR) is 135 cm³/mol. The van der Waals surface area contributed by atoms with E-state index in [9.17, 15) is 14.4 Å². The molecule has 2 aromatic rings. The Bertz CT molecular complexity index is 1170. The Kier molecular flexibility index (Phi) is 7.19. The molecule has 34 heavy (non-hydrogen) atoms. The second-order valence-corrected chi connectivity index (χ2v) is 9.58. The summed E-state index contributed by atoms with van der Waals surface area (Å²) in [4.78, 5) is 43.5. The SMILES string of the molecule is CN1CCC(N(C)C(=O)c2ccc(NC3=C(Cl)C(=O)N(c4ccc(Cl)c(Cl)c4)C3=O)cc2)CC1. The minimum atomic E-state index is -0.667. The molecule has 0 bridgehead atoms. The normalized spacial score (nSPS) is 17.5. The summed E-state index contributed by atoms with van der Waals surface area (Å²) in [5.41, 5.74) is 1.26. The van der Waals surface area contributed by atoms with Crippen molar-refractivity contribution in [1.29, 1.82) is 0 Å². The van der Waals surface area contributed by atoms with Gasteiger partial charge in [0, 0.05) is 24.3 Å². The standard InChI is InChI=1S/C24H23Cl3N4O3/c1-29-11-9-16(10-12-29)30(2)22(32)14-3-5-15(6-4-14)28-21-20(27)23(33)31(24(21)34)17-7-8-18(25)19(26)13-17/h3-8,13,16,28H,9-12H2,1-2H3. The van der Waals surface area contributed by atoms with Crippen LogP contribution in [0.4, 0.5) is 11.4 Å². The number of amides is 3. The lowest BCUT2D eigenvalue weighted by Gasteiger charge is -2.35. The first-order valence-corrected chi connectivity index (χ1v) is 11.9. The van der Waals surface area contributed by atoms with Gasteiger partial charge in [-0.05, 0) is 75.4 Å². The fraction of sp³-hybridized carbons (Fsp3) is 0.292. The van der Waals surface area contributed by atoms with Crippen LogP contribution in [0.3, 0.4) is 0 Å². The van der Waals surface area contributed by atoms with Gasteiger partial charge in [-0.3, -0.25) is 14.4 Å². The zero-order valence-corrected chi connectivity index (χ0v) is 20.9. The van der Waals surface area contributed by atoms with Crippen LogP contribution in [0.25, 0.3) is 0 Å². The molecule has 1 saturated heterocycles. The minimum absolute atomic E-state index is 0.0553. The number of nitrogens with zero attached hydrogens (tertiary/aromatic N) is 3. The Balaban J connectivity index is 1.46. The van der Waals surface area contributed by atoms with E-state index in [0.717, 1.165) is 30.8 Å². The number of rotatable bonds is 5. The monoisotopic (exact) mass is 520 g/mol. The molecule has 2 aliphatic rings. The largest absolute Gasteiger partial charge is 0.350 e. The molecule has 0 aliphatic carbocycles. The Hall–Kier alpha value is -2.58. The molecule has 0 spiro atoms. The summed E-state index contributed by atoms with van der Waals surface area (Å²) >= 11 is 18.2. The van der Waals surface area contributed by atoms with Crippen molar-refractivity contribution in [2.24, 2.45) is 0 Å². The number of halogens is 3. The lowest BCUT2D eigenvalue weighted by atomic mass is 10.0. The smallest absolute Gasteiger partial charge is 0.283 e. The number of anilines is 2. The molecule has 3 amide bonds. The van der Waals surface area contributed by atoms with E-state index in [2.05, 4.69) is 17.3 Å². The number of imide groups is 1. The third-order valence-corrected chi connectivity index (χ3v) is 7.24. The molecule has 0 saturated carbocycles. The lowest BCUT2D eigenvalue weighted by Crippen LogP contribution is -2.44. The first-order valence-electron chi connectivity index (χ1n) is 10.7. The van der Waals surface area contributed by atoms with Gasteiger partial charge in [0.05, 0.1) is 15.7 Å². The Labute approximate surface area is 212 Å². The molecule has 1 N–H and O–H groups in total. The molecule has 1 fully saturated rings. The van der Waals surface area contributed by atoms with Gasteiger partial charge < -0.3 is 15.1 Å². The van der Waals surface area contributed by atoms with Crippen LogP contribution in [0.1, 0.15) is 23.2 Å². The van der Waals surface area contributed by atoms with Crippen LogP contribution >= 0.6 is 34.8 Å². The van der Waals surface area contributed by atoms with E-state index in [1.807, 2.05) is 7.05 Å². The number of piperidine rings is 1. The van der Waals surface area contributed by atoms with E-state index < -0.39 is 11.8 Å². The molecule has 7 nitrogen and oxygen atoms in total. The molecule has 0 aromatic heterocycles. The summed E-state index contributed by atoms with van der Waals surface area (Å²) in [5, 5.41) is 3.18. The van der Waals surface area contributed by atoms with Crippen molar-refractivity contribution < 1.29 is 14.4 Å². The maximum Gasteiger partial charge on any atom is 0.283 e. The van der Waals surface area contributed by atoms with Gasteiger partial charge in [0.15, 0.2) is 0 Å². The fourth-order valence-electron chi connectivity index (χ4n) is 4.06. The van der Waals surface area contributed by atoms with Crippen LogP contribution in [0.5, 0.6) is 0 Å². The van der Waals surface area contributed by atoms with Gasteiger partial charge in [0.2, 0.25) is 0 Å². The van der Waals surface area contributed by atoms with Crippen LogP contribution < -0.4 is 10.2 Å². The van der Waals surface area contributed by atoms with Crippen molar-refractivity contribution in [2.75, 3.05) is 37.4 Å². The van der Waals surface area contributed by atoms with Gasteiger partial charge in [-0.1, -0.05) is 34.8 Å². The lowest BCUT2D eigenvalue weighted by molar-refractivity contribution is -0.120. The Morgan fingerprint density at radius 3 is 2.24 bits per heavy atom. The number of hydrogen-bond acceptors (Lipinski definition) is 5. The Morgan fingerprint density at radius 2 is 1.62 bits per heavy atom. The highest BCUT2D eigenvalue weighted by molar-refractivity contribution is 6.53. The molecule has 2 aliphatic heterocycles. The number of carbonyl (C=O) groups excluding carboxylic acids is 3. The number of nitrogens with one attached hydrogen (secondary N) is 1. The minimum Gasteiger partial charge on any atom is -0.350 e. The van der Waals surface area contributed by atoms with Gasteiger partial charge >= 0.3 is 0 Å². The molecule has 0 unspecified atom stereocenters. The molecule has 10 heteroatoms. The van der Waals surface area contributed by atoms with Gasteiger partial charge in [-0.25, -0.2) is 4.90 Å². The predicted octanol–water partition coefficient (Wildman–Crippen LogP) is 4.60. The zero-order chi connectivity index (χ0) is 24.6. The summed E-state index contributed by atoms with van der Waals surface area (Å²) in [6.45, 7) is 1.93. The molecule has 2 heterocycles. The first kappa shape index (κ1) is 24.5.